The minimum Gasteiger partial charge on any atom is -0.438 e. The van der Waals surface area contributed by atoms with Crippen molar-refractivity contribution in [3.05, 3.63) is 83.8 Å². The van der Waals surface area contributed by atoms with Crippen LogP contribution in [-0.2, 0) is 0 Å². The summed E-state index contributed by atoms with van der Waals surface area (Å²) in [6.45, 7) is 0. The van der Waals surface area contributed by atoms with Crippen LogP contribution in [-0.4, -0.2) is 10.9 Å². The summed E-state index contributed by atoms with van der Waals surface area (Å²) in [4.78, 5) is 16.3. The van der Waals surface area contributed by atoms with Crippen LogP contribution < -0.4 is 10.1 Å². The lowest BCUT2D eigenvalue weighted by Gasteiger charge is -2.10. The summed E-state index contributed by atoms with van der Waals surface area (Å²) in [5, 5.41) is 2.57. The van der Waals surface area contributed by atoms with Gasteiger partial charge in [-0.2, -0.15) is 0 Å². The van der Waals surface area contributed by atoms with Gasteiger partial charge in [-0.1, -0.05) is 0 Å². The molecule has 4 nitrogen and oxygen atoms in total. The topological polar surface area (TPSA) is 51.2 Å². The van der Waals surface area contributed by atoms with Gasteiger partial charge in [0, 0.05) is 18.0 Å². The first-order chi connectivity index (χ1) is 12.0. The maximum atomic E-state index is 13.3. The number of aromatic nitrogens is 1. The molecule has 25 heavy (non-hydrogen) atoms. The zero-order chi connectivity index (χ0) is 17.8. The first-order valence-corrected chi connectivity index (χ1v) is 7.18. The largest absolute Gasteiger partial charge is 0.438 e. The molecule has 0 unspecified atom stereocenters. The Balaban J connectivity index is 1.83. The summed E-state index contributed by atoms with van der Waals surface area (Å²) in [6.07, 6.45) is 1.39. The van der Waals surface area contributed by atoms with Crippen LogP contribution in [0.5, 0.6) is 11.6 Å². The first kappa shape index (κ1) is 16.5. The van der Waals surface area contributed by atoms with Crippen molar-refractivity contribution < 1.29 is 22.7 Å². The zero-order valence-corrected chi connectivity index (χ0v) is 12.7. The maximum Gasteiger partial charge on any atom is 0.261 e. The van der Waals surface area contributed by atoms with Gasteiger partial charge in [-0.15, -0.1) is 0 Å². The van der Waals surface area contributed by atoms with Crippen molar-refractivity contribution in [2.75, 3.05) is 5.32 Å². The van der Waals surface area contributed by atoms with Crippen molar-refractivity contribution in [3.63, 3.8) is 0 Å². The number of ether oxygens (including phenoxy) is 1. The number of nitrogens with one attached hydrogen (secondary N) is 1. The van der Waals surface area contributed by atoms with E-state index in [4.69, 9.17) is 4.74 Å². The fourth-order valence-corrected chi connectivity index (χ4v) is 2.03. The molecule has 1 heterocycles. The molecule has 1 N–H and O–H groups in total. The van der Waals surface area contributed by atoms with E-state index in [1.807, 2.05) is 0 Å². The van der Waals surface area contributed by atoms with Gasteiger partial charge in [0.25, 0.3) is 5.91 Å². The molecular formula is C18H11F3N2O2. The average Bonchev–Trinajstić information content (AvgIpc) is 2.60. The van der Waals surface area contributed by atoms with Gasteiger partial charge in [0.05, 0.1) is 0 Å². The number of carbonyl (C=O) groups excluding carboxylic acids is 1. The van der Waals surface area contributed by atoms with Crippen molar-refractivity contribution in [1.29, 1.82) is 0 Å². The molecule has 0 aliphatic carbocycles. The van der Waals surface area contributed by atoms with E-state index in [2.05, 4.69) is 10.3 Å². The molecule has 0 saturated carbocycles. The summed E-state index contributed by atoms with van der Waals surface area (Å²) < 4.78 is 44.6. The van der Waals surface area contributed by atoms with E-state index in [1.165, 1.54) is 48.7 Å². The van der Waals surface area contributed by atoms with Crippen molar-refractivity contribution in [1.82, 2.24) is 4.98 Å². The highest BCUT2D eigenvalue weighted by Crippen LogP contribution is 2.25. The molecule has 0 bridgehead atoms. The van der Waals surface area contributed by atoms with Gasteiger partial charge < -0.3 is 10.1 Å². The molecule has 3 aromatic rings. The summed E-state index contributed by atoms with van der Waals surface area (Å²) in [5.74, 6) is -3.14. The lowest BCUT2D eigenvalue weighted by molar-refractivity contribution is 0.102. The van der Waals surface area contributed by atoms with Gasteiger partial charge >= 0.3 is 0 Å². The summed E-state index contributed by atoms with van der Waals surface area (Å²) >= 11 is 0. The second kappa shape index (κ2) is 7.04. The number of rotatable bonds is 4. The summed E-state index contributed by atoms with van der Waals surface area (Å²) in [7, 11) is 0. The lowest BCUT2D eigenvalue weighted by Crippen LogP contribution is -2.13. The van der Waals surface area contributed by atoms with Crippen LogP contribution in [0.15, 0.2) is 60.8 Å². The van der Waals surface area contributed by atoms with Crippen molar-refractivity contribution in [2.24, 2.45) is 0 Å². The predicted octanol–water partition coefficient (Wildman–Crippen LogP) is 4.54. The van der Waals surface area contributed by atoms with E-state index in [0.29, 0.717) is 5.69 Å². The Hall–Kier alpha value is -3.35. The molecule has 0 radical (unpaired) electrons. The number of halogens is 3. The number of amides is 1. The Labute approximate surface area is 140 Å². The Bertz CT molecular complexity index is 914. The van der Waals surface area contributed by atoms with E-state index >= 15 is 0 Å². The predicted molar refractivity (Wildman–Crippen MR) is 85.0 cm³/mol. The number of pyridine rings is 1. The third-order valence-corrected chi connectivity index (χ3v) is 3.22. The first-order valence-electron chi connectivity index (χ1n) is 7.18. The monoisotopic (exact) mass is 344 g/mol. The van der Waals surface area contributed by atoms with Crippen LogP contribution in [0, 0.1) is 17.5 Å². The molecule has 0 fully saturated rings. The molecule has 0 aliphatic rings. The number of anilines is 1. The Morgan fingerprint density at radius 2 is 1.72 bits per heavy atom. The molecular weight excluding hydrogens is 333 g/mol. The fraction of sp³-hybridized carbons (Fsp3) is 0. The van der Waals surface area contributed by atoms with Gasteiger partial charge in [-0.3, -0.25) is 4.79 Å². The minimum absolute atomic E-state index is 0.00608. The van der Waals surface area contributed by atoms with Crippen LogP contribution in [0.25, 0.3) is 0 Å². The molecule has 1 amide bonds. The summed E-state index contributed by atoms with van der Waals surface area (Å²) in [6, 6.07) is 11.2. The molecule has 0 spiro atoms. The molecule has 3 rings (SSSR count). The molecule has 0 atom stereocenters. The Morgan fingerprint density at radius 3 is 2.44 bits per heavy atom. The third-order valence-electron chi connectivity index (χ3n) is 3.22. The van der Waals surface area contributed by atoms with Crippen molar-refractivity contribution in [2.45, 2.75) is 0 Å². The zero-order valence-electron chi connectivity index (χ0n) is 12.7. The van der Waals surface area contributed by atoms with Gasteiger partial charge in [0.2, 0.25) is 5.88 Å². The second-order valence-corrected chi connectivity index (χ2v) is 5.00. The highest BCUT2D eigenvalue weighted by Gasteiger charge is 2.15. The quantitative estimate of drug-likeness (QED) is 0.756. The Kier molecular flexibility index (Phi) is 4.65. The van der Waals surface area contributed by atoms with E-state index in [0.717, 1.165) is 12.1 Å². The van der Waals surface area contributed by atoms with Crippen LogP contribution in [0.1, 0.15) is 10.4 Å². The maximum absolute atomic E-state index is 13.3. The van der Waals surface area contributed by atoms with Crippen LogP contribution >= 0.6 is 0 Å². The second-order valence-electron chi connectivity index (χ2n) is 5.00. The van der Waals surface area contributed by atoms with Gasteiger partial charge in [-0.05, 0) is 48.5 Å². The van der Waals surface area contributed by atoms with Crippen LogP contribution in [0.2, 0.25) is 0 Å². The number of benzene rings is 2. The molecule has 0 aliphatic heterocycles. The molecule has 126 valence electrons. The van der Waals surface area contributed by atoms with Crippen molar-refractivity contribution >= 4 is 11.6 Å². The molecule has 0 saturated heterocycles. The standard InChI is InChI=1S/C18H11F3N2O2/c19-11-3-5-12(6-4-11)23-17(24)14-2-1-9-22-18(14)25-13-7-8-15(20)16(21)10-13/h1-10H,(H,23,24). The van der Waals surface area contributed by atoms with E-state index < -0.39 is 23.4 Å². The number of carbonyl (C=O) groups is 1. The minimum atomic E-state index is -1.08. The Morgan fingerprint density at radius 1 is 0.960 bits per heavy atom. The lowest BCUT2D eigenvalue weighted by atomic mass is 10.2. The van der Waals surface area contributed by atoms with E-state index in [9.17, 15) is 18.0 Å². The van der Waals surface area contributed by atoms with Crippen molar-refractivity contribution in [3.8, 4) is 11.6 Å². The molecule has 1 aromatic heterocycles. The van der Waals surface area contributed by atoms with E-state index in [-0.39, 0.29) is 17.2 Å². The number of hydrogen-bond donors (Lipinski definition) is 1. The number of hydrogen-bond acceptors (Lipinski definition) is 3. The average molecular weight is 344 g/mol. The fourth-order valence-electron chi connectivity index (χ4n) is 2.03. The van der Waals surface area contributed by atoms with Crippen LogP contribution in [0.4, 0.5) is 18.9 Å². The number of nitrogens with zero attached hydrogens (tertiary/aromatic N) is 1. The van der Waals surface area contributed by atoms with Gasteiger partial charge in [0.15, 0.2) is 11.6 Å². The molecule has 2 aromatic carbocycles. The van der Waals surface area contributed by atoms with Gasteiger partial charge in [0.1, 0.15) is 17.1 Å². The third kappa shape index (κ3) is 3.95. The van der Waals surface area contributed by atoms with E-state index in [1.54, 1.807) is 0 Å². The normalized spacial score (nSPS) is 10.4. The highest BCUT2D eigenvalue weighted by atomic mass is 19.2. The smallest absolute Gasteiger partial charge is 0.261 e. The highest BCUT2D eigenvalue weighted by molar-refractivity contribution is 6.05. The SMILES string of the molecule is O=C(Nc1ccc(F)cc1)c1cccnc1Oc1ccc(F)c(F)c1. The summed E-state index contributed by atoms with van der Waals surface area (Å²) in [5.41, 5.74) is 0.464. The van der Waals surface area contributed by atoms with Crippen LogP contribution in [0.3, 0.4) is 0 Å². The van der Waals surface area contributed by atoms with Gasteiger partial charge in [-0.25, -0.2) is 18.2 Å². The molecule has 7 heteroatoms.